The monoisotopic (exact) mass is 488 g/mol. The first-order chi connectivity index (χ1) is 17.4. The van der Waals surface area contributed by atoms with Gasteiger partial charge < -0.3 is 14.3 Å². The first kappa shape index (κ1) is 23.4. The predicted octanol–water partition coefficient (Wildman–Crippen LogP) is 3.06. The predicted molar refractivity (Wildman–Crippen MR) is 131 cm³/mol. The number of piperazine rings is 1. The van der Waals surface area contributed by atoms with E-state index < -0.39 is 0 Å². The number of hydrogen-bond donors (Lipinski definition) is 0. The Hall–Kier alpha value is -4.34. The second kappa shape index (κ2) is 9.73. The van der Waals surface area contributed by atoms with E-state index in [9.17, 15) is 14.0 Å². The van der Waals surface area contributed by atoms with E-state index in [0.29, 0.717) is 37.4 Å². The summed E-state index contributed by atoms with van der Waals surface area (Å²) in [5, 5.41) is 8.19. The van der Waals surface area contributed by atoms with Gasteiger partial charge in [0.05, 0.1) is 5.69 Å². The smallest absolute Gasteiger partial charge is 0.316 e. The molecule has 184 valence electrons. The van der Waals surface area contributed by atoms with E-state index in [1.54, 1.807) is 23.1 Å². The number of hydrogen-bond acceptors (Lipinski definition) is 7. The van der Waals surface area contributed by atoms with Crippen molar-refractivity contribution < 1.29 is 13.7 Å². The molecular formula is C26H25FN6O3. The van der Waals surface area contributed by atoms with Crippen LogP contribution in [-0.2, 0) is 6.54 Å². The summed E-state index contributed by atoms with van der Waals surface area (Å²) in [4.78, 5) is 33.5. The SMILES string of the molecule is Cc1ccc(C)c(N2CCN(C(=O)c3nc(Cn4nc(-c5ccc(F)cc5)ccc4=O)no3)CC2)c1. The lowest BCUT2D eigenvalue weighted by molar-refractivity contribution is 0.0696. The van der Waals surface area contributed by atoms with Crippen molar-refractivity contribution in [1.29, 1.82) is 0 Å². The number of rotatable bonds is 5. The maximum atomic E-state index is 13.2. The van der Waals surface area contributed by atoms with Crippen LogP contribution in [0.1, 0.15) is 27.6 Å². The Balaban J connectivity index is 1.25. The summed E-state index contributed by atoms with van der Waals surface area (Å²) in [6.07, 6.45) is 0. The average molecular weight is 489 g/mol. The highest BCUT2D eigenvalue weighted by atomic mass is 19.1. The van der Waals surface area contributed by atoms with Gasteiger partial charge in [0.1, 0.15) is 12.4 Å². The number of nitrogens with zero attached hydrogens (tertiary/aromatic N) is 6. The van der Waals surface area contributed by atoms with Crippen LogP contribution >= 0.6 is 0 Å². The summed E-state index contributed by atoms with van der Waals surface area (Å²) >= 11 is 0. The van der Waals surface area contributed by atoms with Crippen LogP contribution in [0.2, 0.25) is 0 Å². The second-order valence-electron chi connectivity index (χ2n) is 8.81. The summed E-state index contributed by atoms with van der Waals surface area (Å²) in [6, 6.07) is 15.1. The average Bonchev–Trinajstić information content (AvgIpc) is 3.35. The standard InChI is InChI=1S/C26H25FN6O3/c1-17-3-4-18(2)22(15-17)31-11-13-32(14-12-31)26(35)25-28-23(30-36-25)16-33-24(34)10-9-21(29-33)19-5-7-20(27)8-6-19/h3-10,15H,11-14,16H2,1-2H3. The van der Waals surface area contributed by atoms with Gasteiger partial charge in [-0.15, -0.1) is 0 Å². The number of carbonyl (C=O) groups excluding carboxylic acids is 1. The molecule has 1 amide bonds. The summed E-state index contributed by atoms with van der Waals surface area (Å²) in [7, 11) is 0. The van der Waals surface area contributed by atoms with Crippen molar-refractivity contribution in [3.8, 4) is 11.3 Å². The van der Waals surface area contributed by atoms with E-state index in [2.05, 4.69) is 52.2 Å². The van der Waals surface area contributed by atoms with Gasteiger partial charge in [0.2, 0.25) is 0 Å². The highest BCUT2D eigenvalue weighted by Gasteiger charge is 2.27. The number of halogens is 1. The lowest BCUT2D eigenvalue weighted by Crippen LogP contribution is -2.49. The molecular weight excluding hydrogens is 463 g/mol. The lowest BCUT2D eigenvalue weighted by Gasteiger charge is -2.36. The van der Waals surface area contributed by atoms with Crippen LogP contribution in [0, 0.1) is 19.7 Å². The molecule has 36 heavy (non-hydrogen) atoms. The second-order valence-corrected chi connectivity index (χ2v) is 8.81. The van der Waals surface area contributed by atoms with Gasteiger partial charge in [-0.1, -0.05) is 17.3 Å². The molecule has 1 aliphatic rings. The van der Waals surface area contributed by atoms with E-state index in [1.165, 1.54) is 39.7 Å². The molecule has 0 saturated carbocycles. The van der Waals surface area contributed by atoms with Gasteiger partial charge in [-0.3, -0.25) is 9.59 Å². The minimum absolute atomic E-state index is 0.0644. The van der Waals surface area contributed by atoms with Crippen molar-refractivity contribution in [3.05, 3.63) is 93.6 Å². The van der Waals surface area contributed by atoms with Gasteiger partial charge in [0.25, 0.3) is 5.56 Å². The molecule has 0 aliphatic carbocycles. The molecule has 5 rings (SSSR count). The van der Waals surface area contributed by atoms with E-state index >= 15 is 0 Å². The van der Waals surface area contributed by atoms with E-state index in [4.69, 9.17) is 4.52 Å². The molecule has 0 unspecified atom stereocenters. The largest absolute Gasteiger partial charge is 0.368 e. The Bertz CT molecular complexity index is 1460. The molecule has 3 heterocycles. The van der Waals surface area contributed by atoms with Gasteiger partial charge >= 0.3 is 11.8 Å². The van der Waals surface area contributed by atoms with Crippen LogP contribution < -0.4 is 10.5 Å². The molecule has 1 fully saturated rings. The van der Waals surface area contributed by atoms with Gasteiger partial charge in [-0.05, 0) is 61.4 Å². The number of anilines is 1. The van der Waals surface area contributed by atoms with Crippen molar-refractivity contribution in [3.63, 3.8) is 0 Å². The first-order valence-corrected chi connectivity index (χ1v) is 11.7. The Kier molecular flexibility index (Phi) is 6.32. The van der Waals surface area contributed by atoms with Crippen molar-refractivity contribution >= 4 is 11.6 Å². The third-order valence-electron chi connectivity index (χ3n) is 6.22. The zero-order valence-electron chi connectivity index (χ0n) is 20.0. The Morgan fingerprint density at radius 2 is 1.75 bits per heavy atom. The maximum Gasteiger partial charge on any atom is 0.316 e. The third-order valence-corrected chi connectivity index (χ3v) is 6.22. The van der Waals surface area contributed by atoms with Crippen LogP contribution in [0.3, 0.4) is 0 Å². The highest BCUT2D eigenvalue weighted by molar-refractivity contribution is 5.89. The van der Waals surface area contributed by atoms with E-state index in [1.807, 2.05) is 0 Å². The normalized spacial score (nSPS) is 13.8. The van der Waals surface area contributed by atoms with Crippen LogP contribution in [0.25, 0.3) is 11.3 Å². The first-order valence-electron chi connectivity index (χ1n) is 11.7. The van der Waals surface area contributed by atoms with Gasteiger partial charge in [-0.2, -0.15) is 10.1 Å². The van der Waals surface area contributed by atoms with E-state index in [-0.39, 0.29) is 35.5 Å². The molecule has 4 aromatic rings. The van der Waals surface area contributed by atoms with Crippen molar-refractivity contribution in [2.24, 2.45) is 0 Å². The fourth-order valence-electron chi connectivity index (χ4n) is 4.22. The molecule has 0 N–H and O–H groups in total. The number of benzene rings is 2. The summed E-state index contributed by atoms with van der Waals surface area (Å²) in [5.41, 5.74) is 4.38. The molecule has 10 heteroatoms. The summed E-state index contributed by atoms with van der Waals surface area (Å²) < 4.78 is 19.6. The highest BCUT2D eigenvalue weighted by Crippen LogP contribution is 2.23. The minimum Gasteiger partial charge on any atom is -0.368 e. The fourth-order valence-corrected chi connectivity index (χ4v) is 4.22. The fraction of sp³-hybridized carbons (Fsp3) is 0.269. The molecule has 9 nitrogen and oxygen atoms in total. The van der Waals surface area contributed by atoms with E-state index in [0.717, 1.165) is 0 Å². The summed E-state index contributed by atoms with van der Waals surface area (Å²) in [6.45, 7) is 6.56. The van der Waals surface area contributed by atoms with Gasteiger partial charge in [-0.25, -0.2) is 9.07 Å². The quantitative estimate of drug-likeness (QED) is 0.426. The van der Waals surface area contributed by atoms with Crippen LogP contribution in [-0.4, -0.2) is 56.9 Å². The zero-order valence-corrected chi connectivity index (χ0v) is 20.0. The summed E-state index contributed by atoms with van der Waals surface area (Å²) in [5.74, 6) is -0.649. The van der Waals surface area contributed by atoms with Gasteiger partial charge in [0.15, 0.2) is 5.82 Å². The van der Waals surface area contributed by atoms with Crippen molar-refractivity contribution in [1.82, 2.24) is 24.8 Å². The van der Waals surface area contributed by atoms with Gasteiger partial charge in [0, 0.05) is 43.5 Å². The zero-order chi connectivity index (χ0) is 25.2. The number of aryl methyl sites for hydroxylation is 2. The number of amides is 1. The van der Waals surface area contributed by atoms with Crippen molar-refractivity contribution in [2.45, 2.75) is 20.4 Å². The Morgan fingerprint density at radius 3 is 2.50 bits per heavy atom. The Morgan fingerprint density at radius 1 is 1.00 bits per heavy atom. The molecule has 0 radical (unpaired) electrons. The minimum atomic E-state index is -0.360. The molecule has 0 spiro atoms. The molecule has 2 aromatic carbocycles. The number of carbonyl (C=O) groups is 1. The van der Waals surface area contributed by atoms with Crippen LogP contribution in [0.4, 0.5) is 10.1 Å². The molecule has 1 saturated heterocycles. The molecule has 0 atom stereocenters. The third kappa shape index (κ3) is 4.88. The maximum absolute atomic E-state index is 13.2. The molecule has 0 bridgehead atoms. The molecule has 1 aliphatic heterocycles. The molecule has 2 aromatic heterocycles. The Labute approximate surface area is 206 Å². The van der Waals surface area contributed by atoms with Crippen molar-refractivity contribution in [2.75, 3.05) is 31.1 Å². The van der Waals surface area contributed by atoms with Crippen LogP contribution in [0.15, 0.2) is 63.9 Å². The topological polar surface area (TPSA) is 97.4 Å². The lowest BCUT2D eigenvalue weighted by atomic mass is 10.1. The number of aromatic nitrogens is 4. The van der Waals surface area contributed by atoms with Crippen LogP contribution in [0.5, 0.6) is 0 Å².